The first kappa shape index (κ1) is 13.9. The molecular formula is C15H28N2O. The van der Waals surface area contributed by atoms with Gasteiger partial charge >= 0.3 is 0 Å². The first-order valence-electron chi connectivity index (χ1n) is 7.50. The van der Waals surface area contributed by atoms with Gasteiger partial charge in [-0.2, -0.15) is 0 Å². The normalized spacial score (nSPS) is 31.6. The van der Waals surface area contributed by atoms with E-state index >= 15 is 0 Å². The predicted octanol–water partition coefficient (Wildman–Crippen LogP) is 2.54. The largest absolute Gasteiger partial charge is 0.342 e. The molecule has 3 heteroatoms. The molecule has 1 amide bonds. The number of nitrogens with two attached hydrogens (primary N) is 1. The van der Waals surface area contributed by atoms with Crippen LogP contribution in [0.3, 0.4) is 0 Å². The number of hydrogen-bond acceptors (Lipinski definition) is 2. The van der Waals surface area contributed by atoms with Crippen LogP contribution in [0.4, 0.5) is 0 Å². The van der Waals surface area contributed by atoms with E-state index in [1.54, 1.807) is 0 Å². The van der Waals surface area contributed by atoms with Gasteiger partial charge in [0.05, 0.1) is 0 Å². The maximum atomic E-state index is 12.1. The van der Waals surface area contributed by atoms with Crippen molar-refractivity contribution in [3.8, 4) is 0 Å². The second-order valence-electron chi connectivity index (χ2n) is 7.05. The summed E-state index contributed by atoms with van der Waals surface area (Å²) in [6.07, 6.45) is 7.71. The molecule has 1 aliphatic heterocycles. The van der Waals surface area contributed by atoms with Gasteiger partial charge in [0, 0.05) is 25.6 Å². The van der Waals surface area contributed by atoms with Crippen LogP contribution in [0.15, 0.2) is 0 Å². The fourth-order valence-electron chi connectivity index (χ4n) is 3.29. The number of rotatable bonds is 3. The Morgan fingerprint density at radius 2 is 1.94 bits per heavy atom. The van der Waals surface area contributed by atoms with E-state index in [9.17, 15) is 4.79 Å². The Hall–Kier alpha value is -0.570. The number of hydrogen-bond donors (Lipinski definition) is 1. The molecule has 0 unspecified atom stereocenters. The summed E-state index contributed by atoms with van der Waals surface area (Å²) in [5.74, 6) is 1.11. The molecule has 1 saturated carbocycles. The van der Waals surface area contributed by atoms with Crippen molar-refractivity contribution in [3.05, 3.63) is 0 Å². The van der Waals surface area contributed by atoms with Gasteiger partial charge in [-0.1, -0.05) is 13.8 Å². The van der Waals surface area contributed by atoms with E-state index in [-0.39, 0.29) is 0 Å². The average Bonchev–Trinajstić information content (AvgIpc) is 2.69. The number of amides is 1. The van der Waals surface area contributed by atoms with Crippen molar-refractivity contribution < 1.29 is 4.79 Å². The van der Waals surface area contributed by atoms with Gasteiger partial charge < -0.3 is 10.6 Å². The molecule has 0 spiro atoms. The molecule has 0 aromatic carbocycles. The molecule has 1 aliphatic carbocycles. The van der Waals surface area contributed by atoms with Gasteiger partial charge in [0.25, 0.3) is 0 Å². The smallest absolute Gasteiger partial charge is 0.222 e. The molecule has 0 aromatic rings. The van der Waals surface area contributed by atoms with Crippen LogP contribution in [0.25, 0.3) is 0 Å². The van der Waals surface area contributed by atoms with Crippen molar-refractivity contribution in [2.24, 2.45) is 17.1 Å². The maximum absolute atomic E-state index is 12.1. The molecule has 2 fully saturated rings. The third-order valence-electron chi connectivity index (χ3n) is 4.69. The average molecular weight is 252 g/mol. The van der Waals surface area contributed by atoms with Crippen LogP contribution in [0, 0.1) is 11.3 Å². The van der Waals surface area contributed by atoms with Gasteiger partial charge in [0.2, 0.25) is 5.91 Å². The summed E-state index contributed by atoms with van der Waals surface area (Å²) in [5.41, 5.74) is 6.23. The van der Waals surface area contributed by atoms with Crippen LogP contribution in [0.2, 0.25) is 0 Å². The number of likely N-dealkylation sites (tertiary alicyclic amines) is 1. The Kier molecular flexibility index (Phi) is 4.31. The zero-order valence-corrected chi connectivity index (χ0v) is 12.0. The van der Waals surface area contributed by atoms with E-state index in [1.165, 1.54) is 12.8 Å². The molecule has 0 atom stereocenters. The molecule has 1 saturated heterocycles. The third kappa shape index (κ3) is 3.71. The van der Waals surface area contributed by atoms with Crippen molar-refractivity contribution in [1.82, 2.24) is 4.90 Å². The van der Waals surface area contributed by atoms with Gasteiger partial charge in [0.1, 0.15) is 0 Å². The summed E-state index contributed by atoms with van der Waals surface area (Å²) in [7, 11) is 0. The van der Waals surface area contributed by atoms with Gasteiger partial charge in [-0.15, -0.1) is 0 Å². The maximum Gasteiger partial charge on any atom is 0.222 e. The van der Waals surface area contributed by atoms with Gasteiger partial charge in [-0.25, -0.2) is 0 Å². The highest BCUT2D eigenvalue weighted by Gasteiger charge is 2.32. The standard InChI is InChI=1S/C15H28N2O/c1-15(2)9-10-17(11-15)14(18)8-5-12-3-6-13(16)7-4-12/h12-13H,3-11,16H2,1-2H3. The van der Waals surface area contributed by atoms with Crippen LogP contribution < -0.4 is 5.73 Å². The van der Waals surface area contributed by atoms with E-state index in [0.29, 0.717) is 17.4 Å². The minimum Gasteiger partial charge on any atom is -0.342 e. The number of nitrogens with zero attached hydrogens (tertiary/aromatic N) is 1. The molecule has 1 heterocycles. The Bertz CT molecular complexity index is 293. The van der Waals surface area contributed by atoms with E-state index in [2.05, 4.69) is 18.7 Å². The van der Waals surface area contributed by atoms with Crippen molar-refractivity contribution in [2.75, 3.05) is 13.1 Å². The summed E-state index contributed by atoms with van der Waals surface area (Å²) in [5, 5.41) is 0. The zero-order chi connectivity index (χ0) is 13.2. The van der Waals surface area contributed by atoms with Crippen molar-refractivity contribution in [1.29, 1.82) is 0 Å². The molecule has 0 bridgehead atoms. The van der Waals surface area contributed by atoms with E-state index in [0.717, 1.165) is 51.1 Å². The fourth-order valence-corrected chi connectivity index (χ4v) is 3.29. The minimum absolute atomic E-state index is 0.327. The Labute approximate surface area is 111 Å². The molecule has 2 aliphatic rings. The number of carbonyl (C=O) groups excluding carboxylic acids is 1. The second kappa shape index (κ2) is 5.60. The van der Waals surface area contributed by atoms with Gasteiger partial charge in [-0.3, -0.25) is 4.79 Å². The summed E-state index contributed by atoms with van der Waals surface area (Å²) in [6.45, 7) is 6.41. The molecule has 0 radical (unpaired) electrons. The van der Waals surface area contributed by atoms with Crippen LogP contribution >= 0.6 is 0 Å². The lowest BCUT2D eigenvalue weighted by molar-refractivity contribution is -0.130. The van der Waals surface area contributed by atoms with Gasteiger partial charge in [0.15, 0.2) is 0 Å². The molecule has 18 heavy (non-hydrogen) atoms. The van der Waals surface area contributed by atoms with Crippen molar-refractivity contribution >= 4 is 5.91 Å². The Morgan fingerprint density at radius 1 is 1.28 bits per heavy atom. The topological polar surface area (TPSA) is 46.3 Å². The van der Waals surface area contributed by atoms with Crippen molar-refractivity contribution in [2.45, 2.75) is 64.8 Å². The van der Waals surface area contributed by atoms with Gasteiger partial charge in [-0.05, 0) is 49.9 Å². The molecular weight excluding hydrogens is 224 g/mol. The molecule has 3 nitrogen and oxygen atoms in total. The summed E-state index contributed by atoms with van der Waals surface area (Å²) >= 11 is 0. The lowest BCUT2D eigenvalue weighted by atomic mass is 9.84. The molecule has 2 rings (SSSR count). The highest BCUT2D eigenvalue weighted by Crippen LogP contribution is 2.31. The van der Waals surface area contributed by atoms with E-state index in [1.807, 2.05) is 0 Å². The molecule has 0 aromatic heterocycles. The molecule has 104 valence electrons. The summed E-state index contributed by atoms with van der Waals surface area (Å²) in [6, 6.07) is 0.413. The fraction of sp³-hybridized carbons (Fsp3) is 0.933. The highest BCUT2D eigenvalue weighted by atomic mass is 16.2. The minimum atomic E-state index is 0.327. The Morgan fingerprint density at radius 3 is 2.50 bits per heavy atom. The van der Waals surface area contributed by atoms with Crippen LogP contribution in [-0.4, -0.2) is 29.9 Å². The number of carbonyl (C=O) groups is 1. The van der Waals surface area contributed by atoms with Crippen LogP contribution in [0.1, 0.15) is 58.8 Å². The lowest BCUT2D eigenvalue weighted by Gasteiger charge is -2.26. The quantitative estimate of drug-likeness (QED) is 0.839. The first-order valence-corrected chi connectivity index (χ1v) is 7.50. The van der Waals surface area contributed by atoms with E-state index in [4.69, 9.17) is 5.73 Å². The van der Waals surface area contributed by atoms with Crippen molar-refractivity contribution in [3.63, 3.8) is 0 Å². The second-order valence-corrected chi connectivity index (χ2v) is 7.05. The third-order valence-corrected chi connectivity index (χ3v) is 4.69. The van der Waals surface area contributed by atoms with Crippen LogP contribution in [0.5, 0.6) is 0 Å². The Balaban J connectivity index is 1.69. The highest BCUT2D eigenvalue weighted by molar-refractivity contribution is 5.76. The summed E-state index contributed by atoms with van der Waals surface area (Å²) < 4.78 is 0. The van der Waals surface area contributed by atoms with E-state index < -0.39 is 0 Å². The van der Waals surface area contributed by atoms with Crippen LogP contribution in [-0.2, 0) is 4.79 Å². The lowest BCUT2D eigenvalue weighted by Crippen LogP contribution is -2.31. The predicted molar refractivity (Wildman–Crippen MR) is 74.1 cm³/mol. The first-order chi connectivity index (χ1) is 8.46. The SMILES string of the molecule is CC1(C)CCN(C(=O)CCC2CCC(N)CC2)C1. The summed E-state index contributed by atoms with van der Waals surface area (Å²) in [4.78, 5) is 14.2. The zero-order valence-electron chi connectivity index (χ0n) is 12.0. The monoisotopic (exact) mass is 252 g/mol. The molecule has 2 N–H and O–H groups in total.